The summed E-state index contributed by atoms with van der Waals surface area (Å²) in [5.74, 6) is -0.390. The smallest absolute Gasteiger partial charge is 0.338 e. The third-order valence-electron chi connectivity index (χ3n) is 5.16. The largest absolute Gasteiger partial charge is 0.459 e. The van der Waals surface area contributed by atoms with E-state index in [-0.39, 0.29) is 18.6 Å². The third-order valence-corrected chi connectivity index (χ3v) is 5.16. The molecule has 0 spiro atoms. The molecule has 1 aliphatic rings. The molecule has 1 N–H and O–H groups in total. The van der Waals surface area contributed by atoms with Crippen LogP contribution in [0.5, 0.6) is 0 Å². The van der Waals surface area contributed by atoms with Gasteiger partial charge in [-0.1, -0.05) is 39.0 Å². The lowest BCUT2D eigenvalue weighted by Crippen LogP contribution is -2.37. The molecule has 0 unspecified atom stereocenters. The van der Waals surface area contributed by atoms with Gasteiger partial charge in [0.25, 0.3) is 5.56 Å². The van der Waals surface area contributed by atoms with Crippen LogP contribution in [0.3, 0.4) is 0 Å². The summed E-state index contributed by atoms with van der Waals surface area (Å²) in [4.78, 5) is 37.8. The second-order valence-corrected chi connectivity index (χ2v) is 7.12. The number of esters is 1. The van der Waals surface area contributed by atoms with Crippen molar-refractivity contribution in [2.24, 2.45) is 11.3 Å². The molecule has 3 rings (SSSR count). The number of ether oxygens (including phenoxy) is 2. The standard InChI is InChI=1S/C19H22N2O5/c1-12-14(11-25-16(23)13-7-5-4-6-8-13)26-17(19(12,2)3)21-10-9-15(22)20-18(21)24/h4-10,12,14,17H,11H2,1-3H3,(H,20,22,24)/t12-,14-,17-/m1/s1. The summed E-state index contributed by atoms with van der Waals surface area (Å²) < 4.78 is 12.8. The van der Waals surface area contributed by atoms with Crippen LogP contribution >= 0.6 is 0 Å². The van der Waals surface area contributed by atoms with E-state index in [9.17, 15) is 14.4 Å². The zero-order valence-electron chi connectivity index (χ0n) is 15.0. The fourth-order valence-corrected chi connectivity index (χ4v) is 3.20. The van der Waals surface area contributed by atoms with Crippen LogP contribution < -0.4 is 11.2 Å². The van der Waals surface area contributed by atoms with E-state index in [4.69, 9.17) is 9.47 Å². The molecule has 0 saturated carbocycles. The molecular formula is C19H22N2O5. The number of nitrogens with one attached hydrogen (secondary N) is 1. The molecule has 1 aromatic carbocycles. The molecule has 1 aromatic heterocycles. The Bertz CT molecular complexity index is 900. The zero-order valence-corrected chi connectivity index (χ0v) is 15.0. The Morgan fingerprint density at radius 2 is 1.92 bits per heavy atom. The maximum atomic E-state index is 12.1. The van der Waals surface area contributed by atoms with E-state index in [0.717, 1.165) is 0 Å². The average Bonchev–Trinajstić information content (AvgIpc) is 2.84. The maximum absolute atomic E-state index is 12.1. The monoisotopic (exact) mass is 358 g/mol. The van der Waals surface area contributed by atoms with Gasteiger partial charge in [0, 0.05) is 17.7 Å². The number of benzene rings is 1. The number of carbonyl (C=O) groups is 1. The fraction of sp³-hybridized carbons (Fsp3) is 0.421. The number of hydrogen-bond donors (Lipinski definition) is 1. The molecular weight excluding hydrogens is 336 g/mol. The minimum Gasteiger partial charge on any atom is -0.459 e. The van der Waals surface area contributed by atoms with Crippen molar-refractivity contribution in [1.82, 2.24) is 9.55 Å². The molecule has 138 valence electrons. The lowest BCUT2D eigenvalue weighted by atomic mass is 9.78. The van der Waals surface area contributed by atoms with E-state index in [1.54, 1.807) is 24.3 Å². The van der Waals surface area contributed by atoms with Crippen LogP contribution in [-0.2, 0) is 9.47 Å². The SMILES string of the molecule is C[C@@H]1[C@@H](COC(=O)c2ccccc2)O[C@@H](n2ccc(=O)[nH]c2=O)C1(C)C. The van der Waals surface area contributed by atoms with E-state index >= 15 is 0 Å². The lowest BCUT2D eigenvalue weighted by Gasteiger charge is -2.29. The highest BCUT2D eigenvalue weighted by atomic mass is 16.6. The first-order valence-corrected chi connectivity index (χ1v) is 8.50. The van der Waals surface area contributed by atoms with Crippen molar-refractivity contribution in [2.75, 3.05) is 6.61 Å². The molecule has 0 aliphatic carbocycles. The summed E-state index contributed by atoms with van der Waals surface area (Å²) >= 11 is 0. The van der Waals surface area contributed by atoms with Gasteiger partial charge in [-0.25, -0.2) is 9.59 Å². The summed E-state index contributed by atoms with van der Waals surface area (Å²) in [6.07, 6.45) is 0.502. The number of aromatic nitrogens is 2. The zero-order chi connectivity index (χ0) is 18.9. The molecule has 1 saturated heterocycles. The molecule has 26 heavy (non-hydrogen) atoms. The average molecular weight is 358 g/mol. The van der Waals surface area contributed by atoms with Crippen molar-refractivity contribution in [2.45, 2.75) is 33.1 Å². The number of hydrogen-bond acceptors (Lipinski definition) is 5. The van der Waals surface area contributed by atoms with Crippen LogP contribution in [0.15, 0.2) is 52.2 Å². The topological polar surface area (TPSA) is 90.4 Å². The predicted molar refractivity (Wildman–Crippen MR) is 94.9 cm³/mol. The first-order valence-electron chi connectivity index (χ1n) is 8.50. The van der Waals surface area contributed by atoms with Crippen LogP contribution in [0.1, 0.15) is 37.4 Å². The second-order valence-electron chi connectivity index (χ2n) is 7.12. The molecule has 2 heterocycles. The number of aromatic amines is 1. The van der Waals surface area contributed by atoms with Gasteiger partial charge in [0.15, 0.2) is 0 Å². The summed E-state index contributed by atoms with van der Waals surface area (Å²) in [7, 11) is 0. The van der Waals surface area contributed by atoms with Crippen LogP contribution in [0.25, 0.3) is 0 Å². The van der Waals surface area contributed by atoms with Gasteiger partial charge >= 0.3 is 11.7 Å². The minimum absolute atomic E-state index is 0.0231. The van der Waals surface area contributed by atoms with Crippen LogP contribution in [0.2, 0.25) is 0 Å². The summed E-state index contributed by atoms with van der Waals surface area (Å²) in [5.41, 5.74) is -0.898. The summed E-state index contributed by atoms with van der Waals surface area (Å²) in [6.45, 7) is 6.06. The normalized spacial score (nSPS) is 24.3. The van der Waals surface area contributed by atoms with Crippen LogP contribution in [0.4, 0.5) is 0 Å². The molecule has 2 aromatic rings. The lowest BCUT2D eigenvalue weighted by molar-refractivity contribution is -0.0551. The highest BCUT2D eigenvalue weighted by molar-refractivity contribution is 5.89. The first-order chi connectivity index (χ1) is 12.3. The quantitative estimate of drug-likeness (QED) is 0.844. The molecule has 0 bridgehead atoms. The van der Waals surface area contributed by atoms with Gasteiger partial charge < -0.3 is 9.47 Å². The molecule has 7 heteroatoms. The summed E-state index contributed by atoms with van der Waals surface area (Å²) in [6, 6.07) is 10.0. The van der Waals surface area contributed by atoms with Crippen molar-refractivity contribution in [3.05, 3.63) is 69.0 Å². The Balaban J connectivity index is 1.75. The van der Waals surface area contributed by atoms with Crippen molar-refractivity contribution in [3.63, 3.8) is 0 Å². The fourth-order valence-electron chi connectivity index (χ4n) is 3.20. The highest BCUT2D eigenvalue weighted by Gasteiger charge is 2.49. The van der Waals surface area contributed by atoms with E-state index in [0.29, 0.717) is 5.56 Å². The Labute approximate surface area is 150 Å². The molecule has 0 radical (unpaired) electrons. The predicted octanol–water partition coefficient (Wildman–Crippen LogP) is 1.95. The Kier molecular flexibility index (Phi) is 4.82. The minimum atomic E-state index is -0.567. The molecule has 3 atom stereocenters. The molecule has 1 fully saturated rings. The third kappa shape index (κ3) is 3.35. The van der Waals surface area contributed by atoms with E-state index in [1.807, 2.05) is 26.8 Å². The molecule has 0 amide bonds. The van der Waals surface area contributed by atoms with Crippen molar-refractivity contribution < 1.29 is 14.3 Å². The number of carbonyl (C=O) groups excluding carboxylic acids is 1. The van der Waals surface area contributed by atoms with Crippen LogP contribution in [-0.4, -0.2) is 28.2 Å². The van der Waals surface area contributed by atoms with Gasteiger partial charge in [0.05, 0.1) is 11.7 Å². The number of rotatable bonds is 4. The van der Waals surface area contributed by atoms with Crippen LogP contribution in [0, 0.1) is 11.3 Å². The highest BCUT2D eigenvalue weighted by Crippen LogP contribution is 2.48. The Morgan fingerprint density at radius 1 is 1.23 bits per heavy atom. The van der Waals surface area contributed by atoms with Gasteiger partial charge in [0.2, 0.25) is 0 Å². The number of H-pyrrole nitrogens is 1. The van der Waals surface area contributed by atoms with Crippen molar-refractivity contribution >= 4 is 5.97 Å². The van der Waals surface area contributed by atoms with Crippen molar-refractivity contribution in [3.8, 4) is 0 Å². The van der Waals surface area contributed by atoms with Gasteiger partial charge in [-0.05, 0) is 18.1 Å². The Morgan fingerprint density at radius 3 is 2.58 bits per heavy atom. The molecule has 7 nitrogen and oxygen atoms in total. The summed E-state index contributed by atoms with van der Waals surface area (Å²) in [5, 5.41) is 0. The van der Waals surface area contributed by atoms with Gasteiger partial charge in [0.1, 0.15) is 12.8 Å². The van der Waals surface area contributed by atoms with Gasteiger partial charge in [-0.15, -0.1) is 0 Å². The van der Waals surface area contributed by atoms with Gasteiger partial charge in [-0.2, -0.15) is 0 Å². The molecule has 1 aliphatic heterocycles. The van der Waals surface area contributed by atoms with E-state index < -0.39 is 28.9 Å². The first kappa shape index (κ1) is 18.1. The number of nitrogens with zero attached hydrogens (tertiary/aromatic N) is 1. The van der Waals surface area contributed by atoms with E-state index in [1.165, 1.54) is 16.8 Å². The maximum Gasteiger partial charge on any atom is 0.338 e. The van der Waals surface area contributed by atoms with E-state index in [2.05, 4.69) is 4.98 Å². The van der Waals surface area contributed by atoms with Crippen molar-refractivity contribution in [1.29, 1.82) is 0 Å². The Hall–Kier alpha value is -2.67. The van der Waals surface area contributed by atoms with Gasteiger partial charge in [-0.3, -0.25) is 14.3 Å². The second kappa shape index (κ2) is 6.92.